The van der Waals surface area contributed by atoms with E-state index in [0.717, 1.165) is 105 Å². The molecule has 0 spiro atoms. The standard InChI is InChI=1S/C55H89NOS/c1-4-18-37(19-5-1)55(38-20-6-2-7-21-38)46-29-12-10-25-44(46)51-47(55)30-16-31-48(51)56(39-22-8-3-9-23-39)40-24-14-17-36(35-40)41-27-15-28-42-43-33-34-50-52(54(43)58-53(41)42)45-26-11-13-32-49(45)57-50/h36-54H,1-35H2. The van der Waals surface area contributed by atoms with Crippen molar-refractivity contribution in [1.82, 2.24) is 4.90 Å². The van der Waals surface area contributed by atoms with E-state index in [0.29, 0.717) is 12.2 Å². The summed E-state index contributed by atoms with van der Waals surface area (Å²) in [6.07, 6.45) is 55.5. The molecule has 12 rings (SSSR count). The third-order valence-electron chi connectivity index (χ3n) is 22.6. The van der Waals surface area contributed by atoms with E-state index in [4.69, 9.17) is 4.74 Å². The summed E-state index contributed by atoms with van der Waals surface area (Å²) in [5.74, 6) is 12.3. The molecule has 0 bridgehead atoms. The predicted octanol–water partition coefficient (Wildman–Crippen LogP) is 14.8. The van der Waals surface area contributed by atoms with Crippen molar-refractivity contribution < 1.29 is 4.74 Å². The highest BCUT2D eigenvalue weighted by molar-refractivity contribution is 8.00. The van der Waals surface area contributed by atoms with E-state index < -0.39 is 0 Å². The van der Waals surface area contributed by atoms with E-state index in [-0.39, 0.29) is 0 Å². The Labute approximate surface area is 361 Å². The van der Waals surface area contributed by atoms with Gasteiger partial charge in [-0.05, 0) is 186 Å². The maximum absolute atomic E-state index is 6.96. The molecule has 12 aliphatic rings. The van der Waals surface area contributed by atoms with Gasteiger partial charge in [0.25, 0.3) is 0 Å². The van der Waals surface area contributed by atoms with Crippen LogP contribution >= 0.6 is 11.8 Å². The summed E-state index contributed by atoms with van der Waals surface area (Å²) in [5.41, 5.74) is 0.719. The van der Waals surface area contributed by atoms with Crippen molar-refractivity contribution in [2.24, 2.45) is 76.4 Å². The molecule has 2 saturated heterocycles. The van der Waals surface area contributed by atoms with Crippen LogP contribution in [0.5, 0.6) is 0 Å². The van der Waals surface area contributed by atoms with Gasteiger partial charge in [-0.1, -0.05) is 109 Å². The molecule has 0 aromatic rings. The molecule has 0 radical (unpaired) electrons. The van der Waals surface area contributed by atoms with Crippen LogP contribution in [0.4, 0.5) is 0 Å². The summed E-state index contributed by atoms with van der Waals surface area (Å²) in [6, 6.07) is 2.74. The molecule has 10 saturated carbocycles. The smallest absolute Gasteiger partial charge is 0.0621 e. The minimum atomic E-state index is 0.622. The highest BCUT2D eigenvalue weighted by atomic mass is 32.2. The Hall–Kier alpha value is 0.270. The molecule has 326 valence electrons. The SMILES string of the molecule is C1CCC(N(C2CCCC(C3CCCC4C5CCC6OC7CCCCC7C6C5SC34)C2)C2CCCC3C2C2CCCCC2C3(C2CCCCC2)C2CCCCC2)CC1. The van der Waals surface area contributed by atoms with Crippen LogP contribution in [0, 0.1) is 76.4 Å². The lowest BCUT2D eigenvalue weighted by Crippen LogP contribution is -2.58. The molecule has 2 nitrogen and oxygen atoms in total. The molecular weight excluding hydrogens is 723 g/mol. The molecule has 2 aliphatic heterocycles. The van der Waals surface area contributed by atoms with Crippen molar-refractivity contribution in [3.63, 3.8) is 0 Å². The molecule has 3 heteroatoms. The zero-order chi connectivity index (χ0) is 38.2. The van der Waals surface area contributed by atoms with Gasteiger partial charge in [0.05, 0.1) is 12.2 Å². The number of ether oxygens (including phenoxy) is 1. The molecule has 0 aromatic heterocycles. The normalized spacial score (nSPS) is 50.0. The van der Waals surface area contributed by atoms with Crippen molar-refractivity contribution in [3.05, 3.63) is 0 Å². The maximum Gasteiger partial charge on any atom is 0.0621 e. The van der Waals surface area contributed by atoms with Gasteiger partial charge in [-0.15, -0.1) is 0 Å². The Bertz CT molecular complexity index is 1360. The van der Waals surface area contributed by atoms with Gasteiger partial charge in [-0.25, -0.2) is 0 Å². The average Bonchev–Trinajstić information content (AvgIpc) is 3.96. The second-order valence-corrected chi connectivity index (χ2v) is 25.9. The van der Waals surface area contributed by atoms with E-state index in [1.807, 2.05) is 0 Å². The number of rotatable bonds is 6. The van der Waals surface area contributed by atoms with Gasteiger partial charge >= 0.3 is 0 Å². The molecule has 0 aromatic carbocycles. The number of fused-ring (bicyclic) bond motifs is 10. The molecule has 10 aliphatic carbocycles. The molecule has 0 amide bonds. The van der Waals surface area contributed by atoms with Crippen molar-refractivity contribution in [3.8, 4) is 0 Å². The molecule has 0 N–H and O–H groups in total. The van der Waals surface area contributed by atoms with Gasteiger partial charge in [0, 0.05) is 34.5 Å². The van der Waals surface area contributed by atoms with Gasteiger partial charge in [0.2, 0.25) is 0 Å². The van der Waals surface area contributed by atoms with Crippen molar-refractivity contribution in [2.75, 3.05) is 0 Å². The Balaban J connectivity index is 0.846. The number of thioether (sulfide) groups is 1. The summed E-state index contributed by atoms with van der Waals surface area (Å²) in [7, 11) is 0. The summed E-state index contributed by atoms with van der Waals surface area (Å²) in [4.78, 5) is 3.55. The van der Waals surface area contributed by atoms with Gasteiger partial charge in [-0.3, -0.25) is 4.90 Å². The van der Waals surface area contributed by atoms with Crippen molar-refractivity contribution in [1.29, 1.82) is 0 Å². The van der Waals surface area contributed by atoms with Crippen LogP contribution in [-0.4, -0.2) is 45.7 Å². The predicted molar refractivity (Wildman–Crippen MR) is 243 cm³/mol. The van der Waals surface area contributed by atoms with E-state index in [9.17, 15) is 0 Å². The summed E-state index contributed by atoms with van der Waals surface area (Å²) in [5, 5.41) is 1.93. The van der Waals surface area contributed by atoms with Crippen LogP contribution in [0.1, 0.15) is 225 Å². The zero-order valence-corrected chi connectivity index (χ0v) is 38.3. The Morgan fingerprint density at radius 1 is 0.379 bits per heavy atom. The first-order valence-electron chi connectivity index (χ1n) is 27.9. The van der Waals surface area contributed by atoms with Gasteiger partial charge < -0.3 is 4.74 Å². The van der Waals surface area contributed by atoms with Gasteiger partial charge in [-0.2, -0.15) is 11.8 Å². The first-order valence-corrected chi connectivity index (χ1v) is 28.8. The lowest BCUT2D eigenvalue weighted by Gasteiger charge is -2.58. The lowest BCUT2D eigenvalue weighted by molar-refractivity contribution is -0.0890. The van der Waals surface area contributed by atoms with E-state index in [1.54, 1.807) is 167 Å². The van der Waals surface area contributed by atoms with Crippen LogP contribution in [0.15, 0.2) is 0 Å². The van der Waals surface area contributed by atoms with Gasteiger partial charge in [0.1, 0.15) is 0 Å². The summed E-state index contributed by atoms with van der Waals surface area (Å²) in [6.45, 7) is 0. The van der Waals surface area contributed by atoms with E-state index in [2.05, 4.69) is 16.7 Å². The zero-order valence-electron chi connectivity index (χ0n) is 37.5. The first kappa shape index (κ1) is 39.8. The molecule has 2 heterocycles. The average molecular weight is 812 g/mol. The lowest BCUT2D eigenvalue weighted by atomic mass is 9.48. The minimum absolute atomic E-state index is 0.622. The Morgan fingerprint density at radius 2 is 0.966 bits per heavy atom. The largest absolute Gasteiger partial charge is 0.374 e. The Kier molecular flexibility index (Phi) is 11.7. The highest BCUT2D eigenvalue weighted by Gasteiger charge is 2.68. The van der Waals surface area contributed by atoms with Crippen LogP contribution in [-0.2, 0) is 4.74 Å². The first-order chi connectivity index (χ1) is 28.8. The third kappa shape index (κ3) is 6.61. The molecule has 16 atom stereocenters. The van der Waals surface area contributed by atoms with Crippen LogP contribution in [0.25, 0.3) is 0 Å². The van der Waals surface area contributed by atoms with E-state index in [1.165, 1.54) is 57.8 Å². The third-order valence-corrected chi connectivity index (χ3v) is 24.6. The fraction of sp³-hybridized carbons (Fsp3) is 1.00. The molecule has 16 unspecified atom stereocenters. The van der Waals surface area contributed by atoms with Gasteiger partial charge in [0.15, 0.2) is 0 Å². The van der Waals surface area contributed by atoms with E-state index >= 15 is 0 Å². The number of hydrogen-bond acceptors (Lipinski definition) is 3. The Morgan fingerprint density at radius 3 is 1.76 bits per heavy atom. The highest BCUT2D eigenvalue weighted by Crippen LogP contribution is 2.73. The number of hydrogen-bond donors (Lipinski definition) is 0. The fourth-order valence-electron chi connectivity index (χ4n) is 21.1. The minimum Gasteiger partial charge on any atom is -0.374 e. The monoisotopic (exact) mass is 812 g/mol. The van der Waals surface area contributed by atoms with Crippen LogP contribution in [0.3, 0.4) is 0 Å². The fourth-order valence-corrected chi connectivity index (χ4v) is 23.7. The molecular formula is C55H89NOS. The summed E-state index contributed by atoms with van der Waals surface area (Å²) >= 11 is 2.64. The topological polar surface area (TPSA) is 12.5 Å². The van der Waals surface area contributed by atoms with Crippen LogP contribution < -0.4 is 0 Å². The van der Waals surface area contributed by atoms with Crippen molar-refractivity contribution >= 4 is 11.8 Å². The molecule has 12 fully saturated rings. The number of nitrogens with zero attached hydrogens (tertiary/aromatic N) is 1. The second-order valence-electron chi connectivity index (χ2n) is 24.5. The maximum atomic E-state index is 6.96. The van der Waals surface area contributed by atoms with Crippen LogP contribution in [0.2, 0.25) is 0 Å². The molecule has 58 heavy (non-hydrogen) atoms. The summed E-state index contributed by atoms with van der Waals surface area (Å²) < 4.78 is 6.96. The van der Waals surface area contributed by atoms with Crippen molar-refractivity contribution in [2.45, 2.75) is 266 Å². The second kappa shape index (κ2) is 17.0. The quantitative estimate of drug-likeness (QED) is 0.265.